The van der Waals surface area contributed by atoms with Crippen molar-refractivity contribution in [3.63, 3.8) is 0 Å². The Morgan fingerprint density at radius 2 is 2.00 bits per heavy atom. The lowest BCUT2D eigenvalue weighted by molar-refractivity contribution is 0.102. The fourth-order valence-electron chi connectivity index (χ4n) is 1.90. The van der Waals surface area contributed by atoms with E-state index in [4.69, 9.17) is 5.73 Å². The number of amides is 1. The lowest BCUT2D eigenvalue weighted by Gasteiger charge is -2.07. The summed E-state index contributed by atoms with van der Waals surface area (Å²) in [5, 5.41) is 4.19. The van der Waals surface area contributed by atoms with Gasteiger partial charge in [-0.2, -0.15) is 0 Å². The largest absolute Gasteiger partial charge is 0.383 e. The maximum Gasteiger partial charge on any atom is 0.260 e. The van der Waals surface area contributed by atoms with Gasteiger partial charge in [0.05, 0.1) is 5.56 Å². The third-order valence-electron chi connectivity index (χ3n) is 2.80. The predicted molar refractivity (Wildman–Crippen MR) is 72.7 cm³/mol. The number of carbonyl (C=O) groups is 1. The highest BCUT2D eigenvalue weighted by molar-refractivity contribution is 6.13. The number of pyridine rings is 1. The first-order chi connectivity index (χ1) is 9.25. The van der Waals surface area contributed by atoms with E-state index in [1.165, 1.54) is 6.20 Å². The summed E-state index contributed by atoms with van der Waals surface area (Å²) in [6, 6.07) is 7.38. The zero-order valence-corrected chi connectivity index (χ0v) is 9.92. The SMILES string of the molecule is Nc1ncc(C(=O)Nc2ncc[nH]2)c2ccccc12. The molecule has 0 bridgehead atoms. The molecule has 3 aromatic rings. The Kier molecular flexibility index (Phi) is 2.60. The Morgan fingerprint density at radius 1 is 1.21 bits per heavy atom. The average Bonchev–Trinajstić information content (AvgIpc) is 2.92. The molecule has 0 atom stereocenters. The third kappa shape index (κ3) is 1.99. The second-order valence-electron chi connectivity index (χ2n) is 3.99. The standard InChI is InChI=1S/C13H11N5O/c14-11-9-4-2-1-3-8(9)10(7-17-11)12(19)18-13-15-5-6-16-13/h1-7H,(H2,14,17)(H2,15,16,18,19). The van der Waals surface area contributed by atoms with Crippen molar-refractivity contribution in [1.29, 1.82) is 0 Å². The highest BCUT2D eigenvalue weighted by atomic mass is 16.1. The van der Waals surface area contributed by atoms with Crippen molar-refractivity contribution in [3.05, 3.63) is 48.4 Å². The van der Waals surface area contributed by atoms with E-state index < -0.39 is 0 Å². The fraction of sp³-hybridized carbons (Fsp3) is 0. The Balaban J connectivity index is 2.05. The molecule has 0 saturated carbocycles. The normalized spacial score (nSPS) is 10.5. The van der Waals surface area contributed by atoms with Crippen molar-refractivity contribution in [2.75, 3.05) is 11.1 Å². The minimum atomic E-state index is -0.279. The molecular weight excluding hydrogens is 242 g/mol. The number of imidazole rings is 1. The lowest BCUT2D eigenvalue weighted by atomic mass is 10.1. The molecule has 4 N–H and O–H groups in total. The molecule has 6 heteroatoms. The predicted octanol–water partition coefficient (Wildman–Crippen LogP) is 1.79. The van der Waals surface area contributed by atoms with E-state index in [2.05, 4.69) is 20.3 Å². The summed E-state index contributed by atoms with van der Waals surface area (Å²) in [6.45, 7) is 0. The lowest BCUT2D eigenvalue weighted by Crippen LogP contribution is -2.14. The summed E-state index contributed by atoms with van der Waals surface area (Å²) in [7, 11) is 0. The number of nitrogen functional groups attached to an aromatic ring is 1. The molecule has 6 nitrogen and oxygen atoms in total. The number of anilines is 2. The first kappa shape index (κ1) is 11.2. The number of benzene rings is 1. The van der Waals surface area contributed by atoms with Gasteiger partial charge in [-0.25, -0.2) is 9.97 Å². The van der Waals surface area contributed by atoms with E-state index in [-0.39, 0.29) is 5.91 Å². The van der Waals surface area contributed by atoms with Gasteiger partial charge in [0.25, 0.3) is 5.91 Å². The van der Waals surface area contributed by atoms with E-state index in [0.29, 0.717) is 17.3 Å². The Bertz CT molecular complexity index is 736. The Labute approximate surface area is 108 Å². The minimum Gasteiger partial charge on any atom is -0.383 e. The Hall–Kier alpha value is -2.89. The molecular formula is C13H11N5O. The molecule has 0 saturated heterocycles. The van der Waals surface area contributed by atoms with Crippen LogP contribution in [0.5, 0.6) is 0 Å². The summed E-state index contributed by atoms with van der Waals surface area (Å²) < 4.78 is 0. The van der Waals surface area contributed by atoms with Crippen molar-refractivity contribution in [2.45, 2.75) is 0 Å². The van der Waals surface area contributed by atoms with E-state index in [0.717, 1.165) is 10.8 Å². The topological polar surface area (TPSA) is 96.7 Å². The molecule has 0 fully saturated rings. The van der Waals surface area contributed by atoms with Crippen molar-refractivity contribution in [2.24, 2.45) is 0 Å². The van der Waals surface area contributed by atoms with Crippen LogP contribution in [0.2, 0.25) is 0 Å². The van der Waals surface area contributed by atoms with Crippen molar-refractivity contribution < 1.29 is 4.79 Å². The number of rotatable bonds is 2. The first-order valence-corrected chi connectivity index (χ1v) is 5.69. The average molecular weight is 253 g/mol. The highest BCUT2D eigenvalue weighted by Crippen LogP contribution is 2.22. The molecule has 19 heavy (non-hydrogen) atoms. The number of carbonyl (C=O) groups excluding carboxylic acids is 1. The zero-order valence-electron chi connectivity index (χ0n) is 9.92. The molecule has 0 aliphatic rings. The van der Waals surface area contributed by atoms with Gasteiger partial charge in [0.1, 0.15) is 5.82 Å². The number of aromatic nitrogens is 3. The maximum absolute atomic E-state index is 12.2. The van der Waals surface area contributed by atoms with E-state index in [1.807, 2.05) is 24.3 Å². The van der Waals surface area contributed by atoms with Gasteiger partial charge in [-0.15, -0.1) is 0 Å². The number of H-pyrrole nitrogens is 1. The molecule has 0 aliphatic carbocycles. The number of nitrogens with zero attached hydrogens (tertiary/aromatic N) is 2. The van der Waals surface area contributed by atoms with Crippen LogP contribution < -0.4 is 11.1 Å². The molecule has 3 rings (SSSR count). The summed E-state index contributed by atoms with van der Waals surface area (Å²) in [6.07, 6.45) is 4.67. The van der Waals surface area contributed by atoms with Crippen LogP contribution >= 0.6 is 0 Å². The van der Waals surface area contributed by atoms with Crippen LogP contribution in [0.1, 0.15) is 10.4 Å². The van der Waals surface area contributed by atoms with Gasteiger partial charge in [-0.1, -0.05) is 24.3 Å². The Morgan fingerprint density at radius 3 is 2.74 bits per heavy atom. The van der Waals surface area contributed by atoms with Crippen LogP contribution in [0.25, 0.3) is 10.8 Å². The monoisotopic (exact) mass is 253 g/mol. The van der Waals surface area contributed by atoms with Crippen LogP contribution in [-0.4, -0.2) is 20.9 Å². The van der Waals surface area contributed by atoms with Crippen LogP contribution in [0.15, 0.2) is 42.9 Å². The molecule has 2 heterocycles. The van der Waals surface area contributed by atoms with Crippen LogP contribution in [-0.2, 0) is 0 Å². The molecule has 0 unspecified atom stereocenters. The van der Waals surface area contributed by atoms with Crippen molar-refractivity contribution >= 4 is 28.4 Å². The van der Waals surface area contributed by atoms with Gasteiger partial charge < -0.3 is 10.7 Å². The number of nitrogens with two attached hydrogens (primary N) is 1. The van der Waals surface area contributed by atoms with Gasteiger partial charge in [0.2, 0.25) is 5.95 Å². The maximum atomic E-state index is 12.2. The summed E-state index contributed by atoms with van der Waals surface area (Å²) >= 11 is 0. The van der Waals surface area contributed by atoms with E-state index in [1.54, 1.807) is 12.4 Å². The smallest absolute Gasteiger partial charge is 0.260 e. The molecule has 94 valence electrons. The summed E-state index contributed by atoms with van der Waals surface area (Å²) in [5.41, 5.74) is 6.26. The van der Waals surface area contributed by atoms with E-state index in [9.17, 15) is 4.79 Å². The quantitative estimate of drug-likeness (QED) is 0.648. The van der Waals surface area contributed by atoms with Gasteiger partial charge in [-0.05, 0) is 5.39 Å². The second kappa shape index (κ2) is 4.41. The first-order valence-electron chi connectivity index (χ1n) is 5.69. The highest BCUT2D eigenvalue weighted by Gasteiger charge is 2.13. The molecule has 1 amide bonds. The number of aromatic amines is 1. The number of nitrogens with one attached hydrogen (secondary N) is 2. The number of fused-ring (bicyclic) bond motifs is 1. The molecule has 1 aromatic carbocycles. The van der Waals surface area contributed by atoms with Gasteiger partial charge in [0.15, 0.2) is 0 Å². The molecule has 2 aromatic heterocycles. The van der Waals surface area contributed by atoms with Crippen molar-refractivity contribution in [3.8, 4) is 0 Å². The summed E-state index contributed by atoms with van der Waals surface area (Å²) in [5.74, 6) is 0.523. The minimum absolute atomic E-state index is 0.279. The summed E-state index contributed by atoms with van der Waals surface area (Å²) in [4.78, 5) is 23.0. The van der Waals surface area contributed by atoms with Crippen LogP contribution in [0, 0.1) is 0 Å². The fourth-order valence-corrected chi connectivity index (χ4v) is 1.90. The molecule has 0 spiro atoms. The van der Waals surface area contributed by atoms with Crippen LogP contribution in [0.4, 0.5) is 11.8 Å². The number of hydrogen-bond donors (Lipinski definition) is 3. The third-order valence-corrected chi connectivity index (χ3v) is 2.80. The van der Waals surface area contributed by atoms with Gasteiger partial charge in [-0.3, -0.25) is 10.1 Å². The van der Waals surface area contributed by atoms with Gasteiger partial charge >= 0.3 is 0 Å². The second-order valence-corrected chi connectivity index (χ2v) is 3.99. The van der Waals surface area contributed by atoms with Gasteiger partial charge in [0, 0.05) is 24.0 Å². The zero-order chi connectivity index (χ0) is 13.2. The van der Waals surface area contributed by atoms with E-state index >= 15 is 0 Å². The van der Waals surface area contributed by atoms with Crippen molar-refractivity contribution in [1.82, 2.24) is 15.0 Å². The molecule has 0 radical (unpaired) electrons. The molecule has 0 aliphatic heterocycles. The number of hydrogen-bond acceptors (Lipinski definition) is 4. The van der Waals surface area contributed by atoms with Crippen LogP contribution in [0.3, 0.4) is 0 Å².